The van der Waals surface area contributed by atoms with Crippen molar-refractivity contribution < 1.29 is 9.59 Å². The third-order valence-corrected chi connectivity index (χ3v) is 3.36. The maximum absolute atomic E-state index is 12.1. The summed E-state index contributed by atoms with van der Waals surface area (Å²) in [4.78, 5) is 23.9. The van der Waals surface area contributed by atoms with E-state index in [1.807, 2.05) is 38.1 Å². The van der Waals surface area contributed by atoms with E-state index in [-0.39, 0.29) is 11.8 Å². The van der Waals surface area contributed by atoms with Crippen LogP contribution in [0.3, 0.4) is 0 Å². The van der Waals surface area contributed by atoms with Gasteiger partial charge in [-0.25, -0.2) is 0 Å². The third kappa shape index (κ3) is 4.19. The van der Waals surface area contributed by atoms with Crippen molar-refractivity contribution in [1.29, 1.82) is 0 Å². The molecule has 2 amide bonds. The minimum Gasteiger partial charge on any atom is -0.352 e. The topological polar surface area (TPSA) is 58.2 Å². The highest BCUT2D eigenvalue weighted by molar-refractivity contribution is 5.97. The Hall–Kier alpha value is -2.62. The Bertz CT molecular complexity index is 680. The van der Waals surface area contributed by atoms with Crippen molar-refractivity contribution in [2.24, 2.45) is 0 Å². The molecule has 2 aromatic rings. The Balaban J connectivity index is 2.04. The van der Waals surface area contributed by atoms with E-state index < -0.39 is 0 Å². The number of anilines is 1. The lowest BCUT2D eigenvalue weighted by molar-refractivity contribution is -0.115. The van der Waals surface area contributed by atoms with Gasteiger partial charge in [0.15, 0.2) is 0 Å². The molecule has 0 saturated carbocycles. The summed E-state index contributed by atoms with van der Waals surface area (Å²) in [5.41, 5.74) is 3.26. The van der Waals surface area contributed by atoms with Crippen LogP contribution in [-0.4, -0.2) is 18.4 Å². The summed E-state index contributed by atoms with van der Waals surface area (Å²) in [5, 5.41) is 5.57. The minimum atomic E-state index is -0.141. The molecule has 0 atom stereocenters. The highest BCUT2D eigenvalue weighted by atomic mass is 16.2. The molecule has 0 aromatic heterocycles. The van der Waals surface area contributed by atoms with Gasteiger partial charge >= 0.3 is 0 Å². The van der Waals surface area contributed by atoms with E-state index in [0.717, 1.165) is 11.1 Å². The van der Waals surface area contributed by atoms with Crippen molar-refractivity contribution in [2.45, 2.75) is 20.3 Å². The number of amides is 2. The van der Waals surface area contributed by atoms with Gasteiger partial charge in [-0.1, -0.05) is 30.3 Å². The molecule has 0 heterocycles. The monoisotopic (exact) mass is 296 g/mol. The normalized spacial score (nSPS) is 10.1. The molecule has 0 aliphatic rings. The molecule has 4 heteroatoms. The number of aryl methyl sites for hydroxylation is 1. The third-order valence-electron chi connectivity index (χ3n) is 3.36. The van der Waals surface area contributed by atoms with Crippen LogP contribution in [0.1, 0.15) is 28.4 Å². The lowest BCUT2D eigenvalue weighted by atomic mass is 10.1. The summed E-state index contributed by atoms with van der Waals surface area (Å²) in [6, 6.07) is 14.7. The average molecular weight is 296 g/mol. The molecule has 0 fully saturated rings. The predicted octanol–water partition coefficient (Wildman–Crippen LogP) is 2.93. The Morgan fingerprint density at radius 1 is 1.05 bits per heavy atom. The maximum Gasteiger partial charge on any atom is 0.251 e. The van der Waals surface area contributed by atoms with Gasteiger partial charge in [-0.3, -0.25) is 9.59 Å². The number of benzene rings is 2. The maximum atomic E-state index is 12.1. The van der Waals surface area contributed by atoms with Crippen LogP contribution in [-0.2, 0) is 11.2 Å². The molecule has 114 valence electrons. The second-order valence-electron chi connectivity index (χ2n) is 5.09. The second kappa shape index (κ2) is 7.41. The van der Waals surface area contributed by atoms with E-state index >= 15 is 0 Å². The van der Waals surface area contributed by atoms with Crippen LogP contribution in [0.2, 0.25) is 0 Å². The Kier molecular flexibility index (Phi) is 5.31. The highest BCUT2D eigenvalue weighted by Gasteiger charge is 2.08. The molecule has 0 aliphatic heterocycles. The average Bonchev–Trinajstić information content (AvgIpc) is 2.50. The molecule has 2 rings (SSSR count). The van der Waals surface area contributed by atoms with Crippen molar-refractivity contribution >= 4 is 17.5 Å². The van der Waals surface area contributed by atoms with Crippen LogP contribution in [0.15, 0.2) is 48.5 Å². The number of carbonyl (C=O) groups excluding carboxylic acids is 2. The van der Waals surface area contributed by atoms with Gasteiger partial charge in [0.1, 0.15) is 0 Å². The summed E-state index contributed by atoms with van der Waals surface area (Å²) in [7, 11) is 0. The molecule has 0 aliphatic carbocycles. The molecule has 0 radical (unpaired) electrons. The van der Waals surface area contributed by atoms with Gasteiger partial charge in [0.2, 0.25) is 5.91 Å². The first-order valence-electron chi connectivity index (χ1n) is 7.32. The van der Waals surface area contributed by atoms with Crippen LogP contribution in [0, 0.1) is 6.92 Å². The summed E-state index contributed by atoms with van der Waals surface area (Å²) >= 11 is 0. The fourth-order valence-electron chi connectivity index (χ4n) is 2.19. The summed E-state index contributed by atoms with van der Waals surface area (Å²) in [6.07, 6.45) is 0.318. The molecule has 0 unspecified atom stereocenters. The Morgan fingerprint density at radius 2 is 1.82 bits per heavy atom. The molecule has 0 bridgehead atoms. The molecule has 22 heavy (non-hydrogen) atoms. The first kappa shape index (κ1) is 15.8. The van der Waals surface area contributed by atoms with Crippen molar-refractivity contribution in [3.05, 3.63) is 65.2 Å². The van der Waals surface area contributed by atoms with E-state index in [4.69, 9.17) is 0 Å². The fraction of sp³-hybridized carbons (Fsp3) is 0.222. The standard InChI is InChI=1S/C18H20N2O2/c1-3-19-18(22)15-9-6-10-16(11-15)20-17(21)12-14-8-5-4-7-13(14)2/h4-11H,3,12H2,1-2H3,(H,19,22)(H,20,21). The predicted molar refractivity (Wildman–Crippen MR) is 88.0 cm³/mol. The number of carbonyl (C=O) groups is 2. The number of hydrogen-bond acceptors (Lipinski definition) is 2. The van der Waals surface area contributed by atoms with E-state index in [2.05, 4.69) is 10.6 Å². The molecule has 2 N–H and O–H groups in total. The van der Waals surface area contributed by atoms with E-state index in [9.17, 15) is 9.59 Å². The zero-order valence-electron chi connectivity index (χ0n) is 12.8. The first-order valence-corrected chi connectivity index (χ1v) is 7.32. The van der Waals surface area contributed by atoms with E-state index in [0.29, 0.717) is 24.2 Å². The first-order chi connectivity index (χ1) is 10.6. The van der Waals surface area contributed by atoms with Crippen LogP contribution in [0.4, 0.5) is 5.69 Å². The summed E-state index contributed by atoms with van der Waals surface area (Å²) in [5.74, 6) is -0.236. The van der Waals surface area contributed by atoms with Crippen molar-refractivity contribution in [1.82, 2.24) is 5.32 Å². The van der Waals surface area contributed by atoms with E-state index in [1.165, 1.54) is 0 Å². The van der Waals surface area contributed by atoms with Gasteiger partial charge in [-0.15, -0.1) is 0 Å². The second-order valence-corrected chi connectivity index (χ2v) is 5.09. The van der Waals surface area contributed by atoms with Crippen LogP contribution < -0.4 is 10.6 Å². The van der Waals surface area contributed by atoms with Crippen LogP contribution in [0.5, 0.6) is 0 Å². The minimum absolute atomic E-state index is 0.0950. The fourth-order valence-corrected chi connectivity index (χ4v) is 2.19. The number of hydrogen-bond donors (Lipinski definition) is 2. The molecular weight excluding hydrogens is 276 g/mol. The van der Waals surface area contributed by atoms with Crippen molar-refractivity contribution in [3.63, 3.8) is 0 Å². The lowest BCUT2D eigenvalue weighted by Gasteiger charge is -2.09. The highest BCUT2D eigenvalue weighted by Crippen LogP contribution is 2.13. The number of rotatable bonds is 5. The summed E-state index contributed by atoms with van der Waals surface area (Å²) in [6.45, 7) is 4.42. The number of nitrogens with one attached hydrogen (secondary N) is 2. The van der Waals surface area contributed by atoms with Crippen molar-refractivity contribution in [3.8, 4) is 0 Å². The molecule has 4 nitrogen and oxygen atoms in total. The Labute approximate surface area is 130 Å². The van der Waals surface area contributed by atoms with Gasteiger partial charge in [0, 0.05) is 17.8 Å². The van der Waals surface area contributed by atoms with E-state index in [1.54, 1.807) is 24.3 Å². The Morgan fingerprint density at radius 3 is 2.55 bits per heavy atom. The van der Waals surface area contributed by atoms with Gasteiger partial charge in [0.05, 0.1) is 6.42 Å². The lowest BCUT2D eigenvalue weighted by Crippen LogP contribution is -2.23. The largest absolute Gasteiger partial charge is 0.352 e. The molecular formula is C18H20N2O2. The zero-order valence-corrected chi connectivity index (χ0v) is 12.8. The smallest absolute Gasteiger partial charge is 0.251 e. The quantitative estimate of drug-likeness (QED) is 0.891. The van der Waals surface area contributed by atoms with Gasteiger partial charge in [-0.05, 0) is 43.2 Å². The van der Waals surface area contributed by atoms with Gasteiger partial charge in [0.25, 0.3) is 5.91 Å². The molecule has 0 saturated heterocycles. The molecule has 0 spiro atoms. The molecule has 2 aromatic carbocycles. The summed E-state index contributed by atoms with van der Waals surface area (Å²) < 4.78 is 0. The zero-order chi connectivity index (χ0) is 15.9. The van der Waals surface area contributed by atoms with Gasteiger partial charge in [-0.2, -0.15) is 0 Å². The van der Waals surface area contributed by atoms with Crippen LogP contribution >= 0.6 is 0 Å². The SMILES string of the molecule is CCNC(=O)c1cccc(NC(=O)Cc2ccccc2C)c1. The van der Waals surface area contributed by atoms with Crippen molar-refractivity contribution in [2.75, 3.05) is 11.9 Å². The van der Waals surface area contributed by atoms with Crippen LogP contribution in [0.25, 0.3) is 0 Å². The van der Waals surface area contributed by atoms with Gasteiger partial charge < -0.3 is 10.6 Å².